The predicted octanol–water partition coefficient (Wildman–Crippen LogP) is 3.16. The SMILES string of the molecule is O=c1cc(Sc2ccccn2)[nH]c(=O)n1CCN(c1ncccc1Cl)C(F)(F)F. The largest absolute Gasteiger partial charge is 0.486 e. The number of aromatic amines is 1. The van der Waals surface area contributed by atoms with E-state index in [-0.39, 0.29) is 14.9 Å². The monoisotopic (exact) mass is 443 g/mol. The summed E-state index contributed by atoms with van der Waals surface area (Å²) in [5.41, 5.74) is -1.56. The summed E-state index contributed by atoms with van der Waals surface area (Å²) in [5.74, 6) is -0.506. The van der Waals surface area contributed by atoms with E-state index in [4.69, 9.17) is 11.6 Å². The summed E-state index contributed by atoms with van der Waals surface area (Å²) in [5, 5.41) is 0.580. The Labute approximate surface area is 171 Å². The molecule has 0 saturated carbocycles. The van der Waals surface area contributed by atoms with Crippen LogP contribution in [0.5, 0.6) is 0 Å². The Bertz CT molecular complexity index is 1070. The number of hydrogen-bond acceptors (Lipinski definition) is 6. The molecule has 0 aliphatic carbocycles. The zero-order chi connectivity index (χ0) is 21.0. The molecule has 3 heterocycles. The molecule has 0 aliphatic heterocycles. The van der Waals surface area contributed by atoms with Crippen LogP contribution < -0.4 is 16.1 Å². The highest BCUT2D eigenvalue weighted by atomic mass is 35.5. The summed E-state index contributed by atoms with van der Waals surface area (Å²) in [6.07, 6.45) is -2.08. The summed E-state index contributed by atoms with van der Waals surface area (Å²) >= 11 is 6.87. The van der Waals surface area contributed by atoms with Crippen LogP contribution in [0.2, 0.25) is 5.02 Å². The number of aromatic nitrogens is 4. The van der Waals surface area contributed by atoms with E-state index < -0.39 is 36.5 Å². The van der Waals surface area contributed by atoms with Crippen LogP contribution in [0.1, 0.15) is 0 Å². The number of rotatable bonds is 6. The number of anilines is 1. The van der Waals surface area contributed by atoms with Gasteiger partial charge in [0.25, 0.3) is 5.56 Å². The van der Waals surface area contributed by atoms with Crippen molar-refractivity contribution in [3.8, 4) is 0 Å². The zero-order valence-corrected chi connectivity index (χ0v) is 16.1. The molecule has 3 aromatic rings. The van der Waals surface area contributed by atoms with Crippen LogP contribution in [0.15, 0.2) is 68.4 Å². The van der Waals surface area contributed by atoms with Crippen LogP contribution in [-0.4, -0.2) is 32.4 Å². The molecule has 152 valence electrons. The fraction of sp³-hybridized carbons (Fsp3) is 0.176. The van der Waals surface area contributed by atoms with Gasteiger partial charge in [-0.05, 0) is 24.3 Å². The number of pyridine rings is 2. The van der Waals surface area contributed by atoms with Crippen molar-refractivity contribution >= 4 is 29.2 Å². The van der Waals surface area contributed by atoms with Gasteiger partial charge in [-0.15, -0.1) is 0 Å². The molecule has 1 N–H and O–H groups in total. The molecule has 0 amide bonds. The van der Waals surface area contributed by atoms with Crippen LogP contribution in [0, 0.1) is 0 Å². The highest BCUT2D eigenvalue weighted by Gasteiger charge is 2.39. The minimum Gasteiger partial charge on any atom is -0.301 e. The molecule has 7 nitrogen and oxygen atoms in total. The van der Waals surface area contributed by atoms with E-state index in [0.29, 0.717) is 9.59 Å². The molecule has 0 bridgehead atoms. The number of nitrogens with zero attached hydrogens (tertiary/aromatic N) is 4. The number of H-pyrrole nitrogens is 1. The van der Waals surface area contributed by atoms with Gasteiger partial charge < -0.3 is 4.98 Å². The minimum absolute atomic E-state index is 0.0161. The van der Waals surface area contributed by atoms with Crippen molar-refractivity contribution in [1.29, 1.82) is 0 Å². The quantitative estimate of drug-likeness (QED) is 0.465. The van der Waals surface area contributed by atoms with Gasteiger partial charge in [0.05, 0.1) is 10.0 Å². The molecule has 12 heteroatoms. The molecule has 0 unspecified atom stereocenters. The van der Waals surface area contributed by atoms with Crippen molar-refractivity contribution in [1.82, 2.24) is 19.5 Å². The highest BCUT2D eigenvalue weighted by molar-refractivity contribution is 7.99. The first-order valence-corrected chi connectivity index (χ1v) is 9.33. The summed E-state index contributed by atoms with van der Waals surface area (Å²) in [6, 6.07) is 8.94. The Morgan fingerprint density at radius 1 is 1.14 bits per heavy atom. The first-order chi connectivity index (χ1) is 13.8. The molecule has 0 atom stereocenters. The summed E-state index contributed by atoms with van der Waals surface area (Å²) in [4.78, 5) is 34.7. The van der Waals surface area contributed by atoms with Crippen molar-refractivity contribution in [2.75, 3.05) is 11.4 Å². The van der Waals surface area contributed by atoms with Crippen molar-refractivity contribution < 1.29 is 13.2 Å². The van der Waals surface area contributed by atoms with Crippen molar-refractivity contribution in [3.63, 3.8) is 0 Å². The number of alkyl halides is 3. The first-order valence-electron chi connectivity index (χ1n) is 8.13. The summed E-state index contributed by atoms with van der Waals surface area (Å²) in [6.45, 7) is -1.24. The molecule has 3 rings (SSSR count). The summed E-state index contributed by atoms with van der Waals surface area (Å²) < 4.78 is 41.0. The second kappa shape index (κ2) is 8.70. The smallest absolute Gasteiger partial charge is 0.301 e. The topological polar surface area (TPSA) is 83.9 Å². The van der Waals surface area contributed by atoms with Gasteiger partial charge in [-0.1, -0.05) is 29.4 Å². The van der Waals surface area contributed by atoms with Crippen molar-refractivity contribution in [2.24, 2.45) is 0 Å². The van der Waals surface area contributed by atoms with Gasteiger partial charge in [-0.25, -0.2) is 14.8 Å². The molecule has 0 aromatic carbocycles. The van der Waals surface area contributed by atoms with Crippen LogP contribution in [-0.2, 0) is 6.54 Å². The average Bonchev–Trinajstić information content (AvgIpc) is 2.65. The third-order valence-electron chi connectivity index (χ3n) is 3.70. The zero-order valence-electron chi connectivity index (χ0n) is 14.6. The van der Waals surface area contributed by atoms with Gasteiger partial charge in [-0.2, -0.15) is 13.2 Å². The Balaban J connectivity index is 1.83. The Morgan fingerprint density at radius 2 is 1.90 bits per heavy atom. The third kappa shape index (κ3) is 5.18. The standard InChI is InChI=1S/C17H13ClF3N5O2S/c18-11-4-3-7-23-15(11)26(17(19,20)21)9-8-25-14(27)10-13(24-16(25)28)29-12-5-1-2-6-22-12/h1-7,10H,8-9H2,(H,24,28). The van der Waals surface area contributed by atoms with E-state index in [9.17, 15) is 22.8 Å². The minimum atomic E-state index is -4.80. The fourth-order valence-corrected chi connectivity index (χ4v) is 3.42. The number of hydrogen-bond donors (Lipinski definition) is 1. The maximum atomic E-state index is 13.4. The fourth-order valence-electron chi connectivity index (χ4n) is 2.41. The van der Waals surface area contributed by atoms with E-state index in [1.165, 1.54) is 18.3 Å². The van der Waals surface area contributed by atoms with Crippen LogP contribution in [0.4, 0.5) is 19.0 Å². The van der Waals surface area contributed by atoms with Gasteiger partial charge in [0.15, 0.2) is 5.82 Å². The van der Waals surface area contributed by atoms with Crippen LogP contribution >= 0.6 is 23.4 Å². The van der Waals surface area contributed by atoms with E-state index in [0.717, 1.165) is 17.8 Å². The molecule has 29 heavy (non-hydrogen) atoms. The average molecular weight is 444 g/mol. The number of halogens is 4. The Morgan fingerprint density at radius 3 is 2.52 bits per heavy atom. The molecule has 0 aliphatic rings. The second-order valence-electron chi connectivity index (χ2n) is 5.63. The normalized spacial score (nSPS) is 11.4. The number of nitrogens with one attached hydrogen (secondary N) is 1. The maximum Gasteiger partial charge on any atom is 0.486 e. The summed E-state index contributed by atoms with van der Waals surface area (Å²) in [7, 11) is 0. The Hall–Kier alpha value is -2.79. The van der Waals surface area contributed by atoms with E-state index in [1.807, 2.05) is 0 Å². The molecular weight excluding hydrogens is 431 g/mol. The van der Waals surface area contributed by atoms with Gasteiger partial charge >= 0.3 is 12.0 Å². The van der Waals surface area contributed by atoms with Gasteiger partial charge in [-0.3, -0.25) is 14.3 Å². The molecule has 0 saturated heterocycles. The van der Waals surface area contributed by atoms with E-state index in [2.05, 4.69) is 15.0 Å². The molecular formula is C17H13ClF3N5O2S. The van der Waals surface area contributed by atoms with Gasteiger partial charge in [0.1, 0.15) is 5.03 Å². The third-order valence-corrected chi connectivity index (χ3v) is 4.88. The van der Waals surface area contributed by atoms with Gasteiger partial charge in [0, 0.05) is 31.5 Å². The van der Waals surface area contributed by atoms with Gasteiger partial charge in [0.2, 0.25) is 0 Å². The highest BCUT2D eigenvalue weighted by Crippen LogP contribution is 2.31. The second-order valence-corrected chi connectivity index (χ2v) is 7.10. The lowest BCUT2D eigenvalue weighted by Crippen LogP contribution is -2.44. The molecule has 0 spiro atoms. The maximum absolute atomic E-state index is 13.4. The van der Waals surface area contributed by atoms with E-state index in [1.54, 1.807) is 24.4 Å². The van der Waals surface area contributed by atoms with Crippen molar-refractivity contribution in [2.45, 2.75) is 22.9 Å². The molecule has 3 aromatic heterocycles. The lowest BCUT2D eigenvalue weighted by molar-refractivity contribution is -0.130. The van der Waals surface area contributed by atoms with Crippen LogP contribution in [0.3, 0.4) is 0 Å². The van der Waals surface area contributed by atoms with E-state index >= 15 is 0 Å². The Kier molecular flexibility index (Phi) is 6.28. The molecule has 0 fully saturated rings. The van der Waals surface area contributed by atoms with Crippen LogP contribution in [0.25, 0.3) is 0 Å². The molecule has 0 radical (unpaired) electrons. The predicted molar refractivity (Wildman–Crippen MR) is 102 cm³/mol. The first kappa shape index (κ1) is 20.9. The van der Waals surface area contributed by atoms with Crippen molar-refractivity contribution in [3.05, 3.63) is 74.7 Å². The lowest BCUT2D eigenvalue weighted by Gasteiger charge is -2.26. The lowest BCUT2D eigenvalue weighted by atomic mass is 10.4.